The molecule has 0 aliphatic heterocycles. The summed E-state index contributed by atoms with van der Waals surface area (Å²) in [5, 5.41) is 3.33. The molecule has 0 bridgehead atoms. The second-order valence-corrected chi connectivity index (χ2v) is 4.52. The monoisotopic (exact) mass is 225 g/mol. The van der Waals surface area contributed by atoms with Gasteiger partial charge in [0.05, 0.1) is 12.8 Å². The molecule has 1 rings (SSSR count). The lowest BCUT2D eigenvalue weighted by atomic mass is 10.1. The van der Waals surface area contributed by atoms with Gasteiger partial charge in [-0.05, 0) is 31.4 Å². The van der Waals surface area contributed by atoms with E-state index in [1.54, 1.807) is 13.2 Å². The fourth-order valence-electron chi connectivity index (χ4n) is 1.82. The number of ether oxygens (including phenoxy) is 1. The second-order valence-electron chi connectivity index (χ2n) is 4.52. The number of anilines is 1. The molecule has 1 aromatic rings. The predicted molar refractivity (Wildman–Crippen MR) is 65.5 cm³/mol. The highest BCUT2D eigenvalue weighted by atomic mass is 19.1. The molecule has 0 saturated carbocycles. The normalized spacial score (nSPS) is 12.6. The van der Waals surface area contributed by atoms with Crippen molar-refractivity contribution < 1.29 is 9.13 Å². The van der Waals surface area contributed by atoms with Crippen LogP contribution in [0.3, 0.4) is 0 Å². The maximum Gasteiger partial charge on any atom is 0.144 e. The van der Waals surface area contributed by atoms with Gasteiger partial charge in [-0.2, -0.15) is 0 Å². The topological polar surface area (TPSA) is 21.3 Å². The van der Waals surface area contributed by atoms with Crippen molar-refractivity contribution in [1.82, 2.24) is 0 Å². The molecule has 0 amide bonds. The second kappa shape index (κ2) is 5.73. The molecule has 0 spiro atoms. The molecular weight excluding hydrogens is 205 g/mol. The SMILES string of the molecule is COc1cc(F)ccc1NC(C)CC(C)C. The summed E-state index contributed by atoms with van der Waals surface area (Å²) in [6, 6.07) is 4.89. The summed E-state index contributed by atoms with van der Waals surface area (Å²) >= 11 is 0. The van der Waals surface area contributed by atoms with Crippen LogP contribution in [0.15, 0.2) is 18.2 Å². The highest BCUT2D eigenvalue weighted by Gasteiger charge is 2.09. The van der Waals surface area contributed by atoms with E-state index in [9.17, 15) is 4.39 Å². The number of methoxy groups -OCH3 is 1. The Morgan fingerprint density at radius 2 is 2.00 bits per heavy atom. The predicted octanol–water partition coefficient (Wildman–Crippen LogP) is 3.68. The molecule has 0 aliphatic rings. The molecule has 0 aliphatic carbocycles. The van der Waals surface area contributed by atoms with Gasteiger partial charge in [-0.1, -0.05) is 13.8 Å². The van der Waals surface area contributed by atoms with Gasteiger partial charge in [0, 0.05) is 12.1 Å². The Morgan fingerprint density at radius 3 is 2.56 bits per heavy atom. The van der Waals surface area contributed by atoms with Crippen LogP contribution in [0.1, 0.15) is 27.2 Å². The Bertz CT molecular complexity index is 339. The van der Waals surface area contributed by atoms with Crippen LogP contribution in [-0.4, -0.2) is 13.2 Å². The lowest BCUT2D eigenvalue weighted by Gasteiger charge is -2.19. The molecule has 0 fully saturated rings. The van der Waals surface area contributed by atoms with Gasteiger partial charge in [0.25, 0.3) is 0 Å². The average Bonchev–Trinajstić information content (AvgIpc) is 2.19. The van der Waals surface area contributed by atoms with Crippen LogP contribution in [0.25, 0.3) is 0 Å². The number of nitrogens with one attached hydrogen (secondary N) is 1. The number of benzene rings is 1. The first-order valence-electron chi connectivity index (χ1n) is 5.63. The summed E-state index contributed by atoms with van der Waals surface area (Å²) in [4.78, 5) is 0. The van der Waals surface area contributed by atoms with E-state index in [1.807, 2.05) is 0 Å². The number of halogens is 1. The summed E-state index contributed by atoms with van der Waals surface area (Å²) in [5.74, 6) is 0.906. The minimum Gasteiger partial charge on any atom is -0.494 e. The van der Waals surface area contributed by atoms with Crippen molar-refractivity contribution in [3.8, 4) is 5.75 Å². The van der Waals surface area contributed by atoms with Gasteiger partial charge >= 0.3 is 0 Å². The van der Waals surface area contributed by atoms with Gasteiger partial charge in [0.1, 0.15) is 11.6 Å². The van der Waals surface area contributed by atoms with Gasteiger partial charge in [-0.3, -0.25) is 0 Å². The third-order valence-electron chi connectivity index (χ3n) is 2.39. The van der Waals surface area contributed by atoms with Crippen molar-refractivity contribution in [1.29, 1.82) is 0 Å². The fourth-order valence-corrected chi connectivity index (χ4v) is 1.82. The van der Waals surface area contributed by atoms with E-state index in [0.717, 1.165) is 12.1 Å². The molecule has 0 heterocycles. The van der Waals surface area contributed by atoms with E-state index < -0.39 is 0 Å². The molecule has 1 atom stereocenters. The zero-order chi connectivity index (χ0) is 12.1. The lowest BCUT2D eigenvalue weighted by Crippen LogP contribution is -2.17. The van der Waals surface area contributed by atoms with Crippen molar-refractivity contribution in [2.45, 2.75) is 33.2 Å². The Hall–Kier alpha value is -1.25. The summed E-state index contributed by atoms with van der Waals surface area (Å²) in [6.07, 6.45) is 1.07. The van der Waals surface area contributed by atoms with Gasteiger partial charge < -0.3 is 10.1 Å². The van der Waals surface area contributed by atoms with Crippen LogP contribution in [0.5, 0.6) is 5.75 Å². The third kappa shape index (κ3) is 3.72. The highest BCUT2D eigenvalue weighted by Crippen LogP contribution is 2.26. The van der Waals surface area contributed by atoms with Crippen LogP contribution in [0.2, 0.25) is 0 Å². The summed E-state index contributed by atoms with van der Waals surface area (Å²) in [5.41, 5.74) is 0.844. The Kier molecular flexibility index (Phi) is 4.59. The first-order valence-corrected chi connectivity index (χ1v) is 5.63. The van der Waals surface area contributed by atoms with Crippen molar-refractivity contribution in [2.24, 2.45) is 5.92 Å². The van der Waals surface area contributed by atoms with Crippen LogP contribution in [0, 0.1) is 11.7 Å². The van der Waals surface area contributed by atoms with Gasteiger partial charge in [-0.15, -0.1) is 0 Å². The number of rotatable bonds is 5. The zero-order valence-corrected chi connectivity index (χ0v) is 10.4. The first kappa shape index (κ1) is 12.8. The molecular formula is C13H20FNO. The Morgan fingerprint density at radius 1 is 1.31 bits per heavy atom. The molecule has 2 nitrogen and oxygen atoms in total. The molecule has 3 heteroatoms. The summed E-state index contributed by atoms with van der Waals surface area (Å²) in [6.45, 7) is 6.48. The van der Waals surface area contributed by atoms with Crippen molar-refractivity contribution >= 4 is 5.69 Å². The maximum absolute atomic E-state index is 13.0. The number of hydrogen-bond acceptors (Lipinski definition) is 2. The standard InChI is InChI=1S/C13H20FNO/c1-9(2)7-10(3)15-12-6-5-11(14)8-13(12)16-4/h5-6,8-10,15H,7H2,1-4H3. The fraction of sp³-hybridized carbons (Fsp3) is 0.538. The molecule has 0 aromatic heterocycles. The summed E-state index contributed by atoms with van der Waals surface area (Å²) in [7, 11) is 1.55. The van der Waals surface area contributed by atoms with Crippen LogP contribution >= 0.6 is 0 Å². The molecule has 1 N–H and O–H groups in total. The zero-order valence-electron chi connectivity index (χ0n) is 10.4. The molecule has 0 saturated heterocycles. The smallest absolute Gasteiger partial charge is 0.144 e. The first-order chi connectivity index (χ1) is 7.52. The molecule has 1 aromatic carbocycles. The van der Waals surface area contributed by atoms with Crippen molar-refractivity contribution in [2.75, 3.05) is 12.4 Å². The van der Waals surface area contributed by atoms with E-state index in [1.165, 1.54) is 12.1 Å². The van der Waals surface area contributed by atoms with Gasteiger partial charge in [0.15, 0.2) is 0 Å². The van der Waals surface area contributed by atoms with E-state index in [2.05, 4.69) is 26.1 Å². The average molecular weight is 225 g/mol. The van der Waals surface area contributed by atoms with Crippen molar-refractivity contribution in [3.63, 3.8) is 0 Å². The molecule has 90 valence electrons. The van der Waals surface area contributed by atoms with E-state index >= 15 is 0 Å². The lowest BCUT2D eigenvalue weighted by molar-refractivity contribution is 0.412. The quantitative estimate of drug-likeness (QED) is 0.825. The van der Waals surface area contributed by atoms with E-state index in [0.29, 0.717) is 17.7 Å². The van der Waals surface area contributed by atoms with Crippen LogP contribution < -0.4 is 10.1 Å². The highest BCUT2D eigenvalue weighted by molar-refractivity contribution is 5.56. The Labute approximate surface area is 96.8 Å². The Balaban J connectivity index is 2.72. The minimum absolute atomic E-state index is 0.279. The summed E-state index contributed by atoms with van der Waals surface area (Å²) < 4.78 is 18.1. The largest absolute Gasteiger partial charge is 0.494 e. The minimum atomic E-state index is -0.279. The van der Waals surface area contributed by atoms with Crippen molar-refractivity contribution in [3.05, 3.63) is 24.0 Å². The third-order valence-corrected chi connectivity index (χ3v) is 2.39. The van der Waals surface area contributed by atoms with Crippen LogP contribution in [-0.2, 0) is 0 Å². The maximum atomic E-state index is 13.0. The van der Waals surface area contributed by atoms with Crippen LogP contribution in [0.4, 0.5) is 10.1 Å². The van der Waals surface area contributed by atoms with E-state index in [-0.39, 0.29) is 5.82 Å². The van der Waals surface area contributed by atoms with Gasteiger partial charge in [-0.25, -0.2) is 4.39 Å². The van der Waals surface area contributed by atoms with E-state index in [4.69, 9.17) is 4.74 Å². The van der Waals surface area contributed by atoms with Gasteiger partial charge in [0.2, 0.25) is 0 Å². The molecule has 1 unspecified atom stereocenters. The molecule has 16 heavy (non-hydrogen) atoms. The number of hydrogen-bond donors (Lipinski definition) is 1. The molecule has 0 radical (unpaired) electrons.